The monoisotopic (exact) mass is 257 g/mol. The fourth-order valence-corrected chi connectivity index (χ4v) is 1.43. The predicted octanol–water partition coefficient (Wildman–Crippen LogP) is 1.66. The van der Waals surface area contributed by atoms with Gasteiger partial charge in [0.25, 0.3) is 0 Å². The topological polar surface area (TPSA) is 49.3 Å². The van der Waals surface area contributed by atoms with Gasteiger partial charge in [0.05, 0.1) is 0 Å². The first-order chi connectivity index (χ1) is 6.63. The van der Waals surface area contributed by atoms with Gasteiger partial charge in [-0.15, -0.1) is 0 Å². The Kier molecular flexibility index (Phi) is 4.10. The molecule has 0 spiro atoms. The van der Waals surface area contributed by atoms with Gasteiger partial charge in [0.1, 0.15) is 6.04 Å². The van der Waals surface area contributed by atoms with Crippen molar-refractivity contribution in [1.29, 1.82) is 0 Å². The summed E-state index contributed by atoms with van der Waals surface area (Å²) in [5, 5.41) is 11.6. The molecule has 1 atom stereocenters. The Labute approximate surface area is 91.3 Å². The summed E-state index contributed by atoms with van der Waals surface area (Å²) in [6.07, 6.45) is 0.499. The van der Waals surface area contributed by atoms with Crippen molar-refractivity contribution in [3.63, 3.8) is 0 Å². The van der Waals surface area contributed by atoms with E-state index < -0.39 is 12.0 Å². The molecule has 0 aliphatic carbocycles. The lowest BCUT2D eigenvalue weighted by Crippen LogP contribution is -2.35. The second-order valence-corrected chi connectivity index (χ2v) is 3.93. The van der Waals surface area contributed by atoms with Crippen LogP contribution in [0.3, 0.4) is 0 Å². The highest BCUT2D eigenvalue weighted by atomic mass is 79.9. The minimum atomic E-state index is -0.824. The van der Waals surface area contributed by atoms with Gasteiger partial charge in [-0.1, -0.05) is 28.1 Å². The highest BCUT2D eigenvalue weighted by molar-refractivity contribution is 9.10. The fraction of sp³-hybridized carbons (Fsp3) is 0.300. The molecule has 4 heteroatoms. The van der Waals surface area contributed by atoms with E-state index in [9.17, 15) is 4.79 Å². The predicted molar refractivity (Wildman–Crippen MR) is 58.3 cm³/mol. The Morgan fingerprint density at radius 2 is 2.07 bits per heavy atom. The van der Waals surface area contributed by atoms with Crippen LogP contribution in [0.15, 0.2) is 28.7 Å². The molecule has 3 nitrogen and oxygen atoms in total. The van der Waals surface area contributed by atoms with Crippen LogP contribution < -0.4 is 5.32 Å². The van der Waals surface area contributed by atoms with Gasteiger partial charge < -0.3 is 10.4 Å². The summed E-state index contributed by atoms with van der Waals surface area (Å²) in [5.41, 5.74) is 1.01. The second kappa shape index (κ2) is 5.12. The lowest BCUT2D eigenvalue weighted by Gasteiger charge is -2.10. The molecule has 0 aliphatic heterocycles. The second-order valence-electron chi connectivity index (χ2n) is 3.01. The van der Waals surface area contributed by atoms with E-state index in [0.29, 0.717) is 6.42 Å². The highest BCUT2D eigenvalue weighted by Crippen LogP contribution is 2.11. The number of aliphatic carboxylic acids is 1. The van der Waals surface area contributed by atoms with Crippen LogP contribution in [0.1, 0.15) is 5.56 Å². The van der Waals surface area contributed by atoms with Crippen LogP contribution in [0, 0.1) is 0 Å². The third kappa shape index (κ3) is 3.12. The number of carboxylic acid groups (broad SMARTS) is 1. The molecule has 1 aromatic carbocycles. The molecule has 0 fully saturated rings. The van der Waals surface area contributed by atoms with Crippen molar-refractivity contribution in [2.75, 3.05) is 7.05 Å². The zero-order valence-corrected chi connectivity index (χ0v) is 9.41. The Bertz CT molecular complexity index is 310. The molecule has 1 aromatic rings. The molecular formula is C10H12BrNO2. The molecule has 1 rings (SSSR count). The normalized spacial score (nSPS) is 12.4. The van der Waals surface area contributed by atoms with Gasteiger partial charge in [0.2, 0.25) is 0 Å². The molecule has 76 valence electrons. The average molecular weight is 258 g/mol. The molecule has 0 heterocycles. The van der Waals surface area contributed by atoms with Crippen molar-refractivity contribution in [2.24, 2.45) is 0 Å². The number of nitrogens with one attached hydrogen (secondary N) is 1. The van der Waals surface area contributed by atoms with Crippen LogP contribution in [-0.4, -0.2) is 24.2 Å². The first-order valence-electron chi connectivity index (χ1n) is 4.28. The average Bonchev–Trinajstić information content (AvgIpc) is 2.16. The van der Waals surface area contributed by atoms with E-state index in [1.807, 2.05) is 24.3 Å². The Balaban J connectivity index is 2.67. The Morgan fingerprint density at radius 3 is 2.50 bits per heavy atom. The van der Waals surface area contributed by atoms with Crippen molar-refractivity contribution in [2.45, 2.75) is 12.5 Å². The van der Waals surface area contributed by atoms with Gasteiger partial charge in [-0.25, -0.2) is 0 Å². The van der Waals surface area contributed by atoms with Crippen LogP contribution in [0.2, 0.25) is 0 Å². The summed E-state index contributed by atoms with van der Waals surface area (Å²) >= 11 is 3.33. The summed E-state index contributed by atoms with van der Waals surface area (Å²) in [7, 11) is 1.65. The van der Waals surface area contributed by atoms with E-state index in [0.717, 1.165) is 10.0 Å². The van der Waals surface area contributed by atoms with Crippen LogP contribution in [0.4, 0.5) is 0 Å². The summed E-state index contributed by atoms with van der Waals surface area (Å²) in [4.78, 5) is 10.7. The van der Waals surface area contributed by atoms with Gasteiger partial charge in [-0.3, -0.25) is 4.79 Å². The maximum absolute atomic E-state index is 10.7. The summed E-state index contributed by atoms with van der Waals surface area (Å²) < 4.78 is 0.998. The molecule has 0 amide bonds. The van der Waals surface area contributed by atoms with E-state index in [-0.39, 0.29) is 0 Å². The number of carboxylic acids is 1. The van der Waals surface area contributed by atoms with Crippen LogP contribution in [-0.2, 0) is 11.2 Å². The largest absolute Gasteiger partial charge is 0.480 e. The van der Waals surface area contributed by atoms with E-state index in [1.165, 1.54) is 0 Å². The molecule has 2 N–H and O–H groups in total. The molecular weight excluding hydrogens is 246 g/mol. The number of likely N-dealkylation sites (N-methyl/N-ethyl adjacent to an activating group) is 1. The minimum Gasteiger partial charge on any atom is -0.480 e. The van der Waals surface area contributed by atoms with E-state index in [1.54, 1.807) is 7.05 Å². The highest BCUT2D eigenvalue weighted by Gasteiger charge is 2.14. The third-order valence-electron chi connectivity index (χ3n) is 2.00. The smallest absolute Gasteiger partial charge is 0.321 e. The number of benzene rings is 1. The first-order valence-corrected chi connectivity index (χ1v) is 5.07. The van der Waals surface area contributed by atoms with Crippen molar-refractivity contribution < 1.29 is 9.90 Å². The summed E-state index contributed by atoms with van der Waals surface area (Å²) in [6, 6.07) is 7.12. The molecule has 0 saturated heterocycles. The first kappa shape index (κ1) is 11.2. The fourth-order valence-electron chi connectivity index (χ4n) is 1.17. The number of hydrogen-bond donors (Lipinski definition) is 2. The van der Waals surface area contributed by atoms with Gasteiger partial charge in [0.15, 0.2) is 0 Å². The quantitative estimate of drug-likeness (QED) is 0.863. The SMILES string of the molecule is CNC(Cc1ccc(Br)cc1)C(=O)O. The van der Waals surface area contributed by atoms with Gasteiger partial charge >= 0.3 is 5.97 Å². The van der Waals surface area contributed by atoms with Crippen molar-refractivity contribution in [3.05, 3.63) is 34.3 Å². The van der Waals surface area contributed by atoms with Crippen LogP contribution in [0.5, 0.6) is 0 Å². The van der Waals surface area contributed by atoms with Crippen molar-refractivity contribution >= 4 is 21.9 Å². The third-order valence-corrected chi connectivity index (χ3v) is 2.53. The molecule has 0 aromatic heterocycles. The summed E-state index contributed by atoms with van der Waals surface area (Å²) in [5.74, 6) is -0.824. The lowest BCUT2D eigenvalue weighted by molar-refractivity contribution is -0.139. The molecule has 0 bridgehead atoms. The zero-order chi connectivity index (χ0) is 10.6. The lowest BCUT2D eigenvalue weighted by atomic mass is 10.1. The Hall–Kier alpha value is -0.870. The molecule has 0 saturated carbocycles. The van der Waals surface area contributed by atoms with Crippen molar-refractivity contribution in [3.8, 4) is 0 Å². The minimum absolute atomic E-state index is 0.499. The zero-order valence-electron chi connectivity index (χ0n) is 7.83. The maximum atomic E-state index is 10.7. The Morgan fingerprint density at radius 1 is 1.50 bits per heavy atom. The number of halogens is 1. The van der Waals surface area contributed by atoms with Crippen molar-refractivity contribution in [1.82, 2.24) is 5.32 Å². The van der Waals surface area contributed by atoms with E-state index in [2.05, 4.69) is 21.2 Å². The maximum Gasteiger partial charge on any atom is 0.321 e. The molecule has 0 aliphatic rings. The molecule has 0 radical (unpaired) electrons. The number of hydrogen-bond acceptors (Lipinski definition) is 2. The molecule has 1 unspecified atom stereocenters. The molecule has 14 heavy (non-hydrogen) atoms. The van der Waals surface area contributed by atoms with Gasteiger partial charge in [-0.05, 0) is 31.2 Å². The van der Waals surface area contributed by atoms with E-state index in [4.69, 9.17) is 5.11 Å². The van der Waals surface area contributed by atoms with Crippen LogP contribution >= 0.6 is 15.9 Å². The van der Waals surface area contributed by atoms with E-state index >= 15 is 0 Å². The van der Waals surface area contributed by atoms with Gasteiger partial charge in [-0.2, -0.15) is 0 Å². The number of rotatable bonds is 4. The van der Waals surface area contributed by atoms with Crippen LogP contribution in [0.25, 0.3) is 0 Å². The number of carbonyl (C=O) groups is 1. The summed E-state index contributed by atoms with van der Waals surface area (Å²) in [6.45, 7) is 0. The standard InChI is InChI=1S/C10H12BrNO2/c1-12-9(10(13)14)6-7-2-4-8(11)5-3-7/h2-5,9,12H,6H2,1H3,(H,13,14). The van der Waals surface area contributed by atoms with Gasteiger partial charge in [0, 0.05) is 4.47 Å².